The van der Waals surface area contributed by atoms with Crippen LogP contribution in [0.3, 0.4) is 0 Å². The molecule has 0 spiro atoms. The second-order valence-corrected chi connectivity index (χ2v) is 3.80. The van der Waals surface area contributed by atoms with E-state index in [0.717, 1.165) is 11.1 Å². The molecule has 1 heterocycles. The minimum absolute atomic E-state index is 0.197. The first-order valence-electron chi connectivity index (χ1n) is 4.57. The lowest BCUT2D eigenvalue weighted by Crippen LogP contribution is -2.10. The molecular weight excluding hydrogens is 212 g/mol. The molecule has 15 heavy (non-hydrogen) atoms. The molecule has 4 N–H and O–H groups in total. The number of benzene rings is 1. The lowest BCUT2D eigenvalue weighted by atomic mass is 10.1. The molecule has 1 atom stereocenters. The number of nitrogen functional groups attached to an aromatic ring is 1. The molecule has 0 radical (unpaired) electrons. The Kier molecular flexibility index (Phi) is 2.46. The van der Waals surface area contributed by atoms with E-state index in [2.05, 4.69) is 9.97 Å². The lowest BCUT2D eigenvalue weighted by Gasteiger charge is -2.09. The van der Waals surface area contributed by atoms with Gasteiger partial charge in [-0.2, -0.15) is 0 Å². The summed E-state index contributed by atoms with van der Waals surface area (Å²) in [5.74, 6) is 0.197. The van der Waals surface area contributed by atoms with Gasteiger partial charge in [0.15, 0.2) is 0 Å². The van der Waals surface area contributed by atoms with Gasteiger partial charge in [0.1, 0.15) is 0 Å². The van der Waals surface area contributed by atoms with Gasteiger partial charge < -0.3 is 11.5 Å². The summed E-state index contributed by atoms with van der Waals surface area (Å²) < 4.78 is 0. The molecule has 2 aromatic rings. The fourth-order valence-electron chi connectivity index (χ4n) is 1.51. The van der Waals surface area contributed by atoms with Gasteiger partial charge in [-0.1, -0.05) is 23.7 Å². The molecule has 4 nitrogen and oxygen atoms in total. The predicted molar refractivity (Wildman–Crippen MR) is 61.6 cm³/mol. The van der Waals surface area contributed by atoms with E-state index in [-0.39, 0.29) is 12.0 Å². The summed E-state index contributed by atoms with van der Waals surface area (Å²) in [7, 11) is 0. The third kappa shape index (κ3) is 1.73. The van der Waals surface area contributed by atoms with Crippen molar-refractivity contribution >= 4 is 28.5 Å². The van der Waals surface area contributed by atoms with Gasteiger partial charge in [-0.25, -0.2) is 9.97 Å². The topological polar surface area (TPSA) is 77.8 Å². The molecule has 0 bridgehead atoms. The van der Waals surface area contributed by atoms with Crippen molar-refractivity contribution in [2.45, 2.75) is 13.0 Å². The molecule has 2 rings (SSSR count). The molecule has 0 aliphatic heterocycles. The van der Waals surface area contributed by atoms with E-state index in [9.17, 15) is 0 Å². The molecule has 0 aliphatic carbocycles. The zero-order chi connectivity index (χ0) is 11.0. The van der Waals surface area contributed by atoms with Crippen LogP contribution in [0.15, 0.2) is 18.2 Å². The summed E-state index contributed by atoms with van der Waals surface area (Å²) in [6.45, 7) is 1.85. The van der Waals surface area contributed by atoms with Gasteiger partial charge in [-0.3, -0.25) is 0 Å². The number of para-hydroxylation sites is 1. The molecule has 0 amide bonds. The minimum atomic E-state index is -0.198. The van der Waals surface area contributed by atoms with Crippen LogP contribution in [0.1, 0.15) is 18.7 Å². The van der Waals surface area contributed by atoms with Crippen molar-refractivity contribution in [3.63, 3.8) is 0 Å². The number of hydrogen-bond donors (Lipinski definition) is 2. The highest BCUT2D eigenvalue weighted by molar-refractivity contribution is 6.35. The number of aromatic nitrogens is 2. The maximum atomic E-state index is 6.02. The molecular formula is C10H11ClN4. The number of rotatable bonds is 1. The van der Waals surface area contributed by atoms with Gasteiger partial charge in [0.2, 0.25) is 5.95 Å². The van der Waals surface area contributed by atoms with Gasteiger partial charge in [0.05, 0.1) is 16.2 Å². The standard InChI is InChI=1S/C10H11ClN4/c1-5(12)8-6-3-2-4-7(11)9(6)15-10(13)14-8/h2-5H,12H2,1H3,(H2,13,14,15). The summed E-state index contributed by atoms with van der Waals surface area (Å²) in [5, 5.41) is 1.41. The fraction of sp³-hybridized carbons (Fsp3) is 0.200. The molecule has 1 aromatic heterocycles. The van der Waals surface area contributed by atoms with Gasteiger partial charge in [-0.05, 0) is 13.0 Å². The Morgan fingerprint density at radius 2 is 2.07 bits per heavy atom. The second kappa shape index (κ2) is 3.64. The Balaban J connectivity index is 2.86. The summed E-state index contributed by atoms with van der Waals surface area (Å²) in [5.41, 5.74) is 12.8. The van der Waals surface area contributed by atoms with Crippen molar-refractivity contribution in [1.82, 2.24) is 9.97 Å². The highest BCUT2D eigenvalue weighted by Crippen LogP contribution is 2.26. The van der Waals surface area contributed by atoms with E-state index in [1.54, 1.807) is 6.07 Å². The number of nitrogens with two attached hydrogens (primary N) is 2. The van der Waals surface area contributed by atoms with Gasteiger partial charge >= 0.3 is 0 Å². The summed E-state index contributed by atoms with van der Waals surface area (Å²) in [6, 6.07) is 5.30. The zero-order valence-corrected chi connectivity index (χ0v) is 8.99. The largest absolute Gasteiger partial charge is 0.368 e. The highest BCUT2D eigenvalue weighted by Gasteiger charge is 2.11. The predicted octanol–water partition coefficient (Wildman–Crippen LogP) is 1.89. The molecule has 1 aromatic carbocycles. The van der Waals surface area contributed by atoms with Crippen LogP contribution in [-0.2, 0) is 0 Å². The molecule has 78 valence electrons. The van der Waals surface area contributed by atoms with Crippen LogP contribution in [-0.4, -0.2) is 9.97 Å². The van der Waals surface area contributed by atoms with Crippen LogP contribution in [0.5, 0.6) is 0 Å². The summed E-state index contributed by atoms with van der Waals surface area (Å²) in [4.78, 5) is 8.22. The molecule has 0 saturated carbocycles. The Bertz CT molecular complexity index is 510. The third-order valence-corrected chi connectivity index (χ3v) is 2.46. The van der Waals surface area contributed by atoms with Crippen LogP contribution >= 0.6 is 11.6 Å². The first-order chi connectivity index (χ1) is 7.09. The normalized spacial score (nSPS) is 13.0. The minimum Gasteiger partial charge on any atom is -0.368 e. The number of halogens is 1. The van der Waals surface area contributed by atoms with Crippen molar-refractivity contribution in [3.05, 3.63) is 28.9 Å². The summed E-state index contributed by atoms with van der Waals surface area (Å²) in [6.07, 6.45) is 0. The molecule has 0 fully saturated rings. The average molecular weight is 223 g/mol. The molecule has 1 unspecified atom stereocenters. The van der Waals surface area contributed by atoms with Crippen LogP contribution in [0.2, 0.25) is 5.02 Å². The lowest BCUT2D eigenvalue weighted by molar-refractivity contribution is 0.789. The second-order valence-electron chi connectivity index (χ2n) is 3.39. The smallest absolute Gasteiger partial charge is 0.220 e. The molecule has 0 aliphatic rings. The Morgan fingerprint density at radius 1 is 1.33 bits per heavy atom. The van der Waals surface area contributed by atoms with E-state index in [0.29, 0.717) is 10.5 Å². The fourth-order valence-corrected chi connectivity index (χ4v) is 1.72. The highest BCUT2D eigenvalue weighted by atomic mass is 35.5. The Morgan fingerprint density at radius 3 is 2.73 bits per heavy atom. The van der Waals surface area contributed by atoms with Gasteiger partial charge in [0, 0.05) is 11.4 Å². The van der Waals surface area contributed by atoms with Crippen molar-refractivity contribution in [2.24, 2.45) is 5.73 Å². The summed E-state index contributed by atoms with van der Waals surface area (Å²) >= 11 is 6.02. The molecule has 0 saturated heterocycles. The number of fused-ring (bicyclic) bond motifs is 1. The van der Waals surface area contributed by atoms with Crippen LogP contribution in [0.25, 0.3) is 10.9 Å². The number of nitrogens with zero attached hydrogens (tertiary/aromatic N) is 2. The maximum absolute atomic E-state index is 6.02. The maximum Gasteiger partial charge on any atom is 0.220 e. The van der Waals surface area contributed by atoms with Crippen molar-refractivity contribution in [2.75, 3.05) is 5.73 Å². The van der Waals surface area contributed by atoms with Crippen molar-refractivity contribution in [3.8, 4) is 0 Å². The monoisotopic (exact) mass is 222 g/mol. The van der Waals surface area contributed by atoms with Crippen LogP contribution in [0.4, 0.5) is 5.95 Å². The number of anilines is 1. The zero-order valence-electron chi connectivity index (χ0n) is 8.24. The van der Waals surface area contributed by atoms with Crippen molar-refractivity contribution in [1.29, 1.82) is 0 Å². The van der Waals surface area contributed by atoms with E-state index in [4.69, 9.17) is 23.1 Å². The quantitative estimate of drug-likeness (QED) is 0.773. The van der Waals surface area contributed by atoms with E-state index in [1.807, 2.05) is 19.1 Å². The van der Waals surface area contributed by atoms with E-state index >= 15 is 0 Å². The average Bonchev–Trinajstić information content (AvgIpc) is 2.18. The number of hydrogen-bond acceptors (Lipinski definition) is 4. The van der Waals surface area contributed by atoms with Crippen molar-refractivity contribution < 1.29 is 0 Å². The Hall–Kier alpha value is -1.39. The van der Waals surface area contributed by atoms with Gasteiger partial charge in [-0.15, -0.1) is 0 Å². The van der Waals surface area contributed by atoms with E-state index < -0.39 is 0 Å². The SMILES string of the molecule is CC(N)c1nc(N)nc2c(Cl)cccc12. The van der Waals surface area contributed by atoms with Crippen LogP contribution in [0, 0.1) is 0 Å². The Labute approximate surface area is 92.3 Å². The third-order valence-electron chi connectivity index (χ3n) is 2.16. The van der Waals surface area contributed by atoms with Gasteiger partial charge in [0.25, 0.3) is 0 Å². The first kappa shape index (κ1) is 10.1. The van der Waals surface area contributed by atoms with E-state index in [1.165, 1.54) is 0 Å². The molecule has 5 heteroatoms. The first-order valence-corrected chi connectivity index (χ1v) is 4.94. The van der Waals surface area contributed by atoms with Crippen LogP contribution < -0.4 is 11.5 Å².